The predicted molar refractivity (Wildman–Crippen MR) is 22.3 cm³/mol. The van der Waals surface area contributed by atoms with Crippen LogP contribution in [0.4, 0.5) is 26.3 Å². The van der Waals surface area contributed by atoms with Crippen LogP contribution in [-0.4, -0.2) is 12.8 Å². The number of hydrogen-bond acceptors (Lipinski definition) is 1. The molecule has 0 aromatic carbocycles. The summed E-state index contributed by atoms with van der Waals surface area (Å²) in [6.45, 7) is -3.46. The molecule has 0 unspecified atom stereocenters. The molecule has 0 rings (SSSR count). The number of ether oxygens (including phenoxy) is 1. The lowest BCUT2D eigenvalue weighted by molar-refractivity contribution is -0.122. The topological polar surface area (TPSA) is 9.23 Å². The van der Waals surface area contributed by atoms with Crippen LogP contribution >= 0.6 is 0 Å². The van der Waals surface area contributed by atoms with Crippen LogP contribution in [0.1, 0.15) is 0 Å². The summed E-state index contributed by atoms with van der Waals surface area (Å²) in [6, 6.07) is 0. The van der Waals surface area contributed by atoms with Crippen LogP contribution in [-0.2, 0) is 4.74 Å². The number of alkyl halides is 5. The minimum absolute atomic E-state index is 0.676. The molecule has 0 atom stereocenters. The Bertz CT molecular complexity index is 147. The van der Waals surface area contributed by atoms with E-state index in [1.807, 2.05) is 0 Å². The van der Waals surface area contributed by atoms with Crippen molar-refractivity contribution in [2.45, 2.75) is 12.8 Å². The first kappa shape index (κ1) is 10.1. The van der Waals surface area contributed by atoms with Gasteiger partial charge in [0.05, 0.1) is 0 Å². The quantitative estimate of drug-likeness (QED) is 0.468. The van der Waals surface area contributed by atoms with Crippen molar-refractivity contribution in [2.24, 2.45) is 0 Å². The minimum Gasteiger partial charge on any atom is -0.440 e. The third-order valence-corrected chi connectivity index (χ3v) is 0.545. The first-order valence-electron chi connectivity index (χ1n) is 2.20. The highest BCUT2D eigenvalue weighted by Gasteiger charge is 2.35. The fraction of sp³-hybridized carbons (Fsp3) is 0.500. The molecule has 7 heteroatoms. The Balaban J connectivity index is 4.02. The Hall–Kier alpha value is -0.880. The van der Waals surface area contributed by atoms with E-state index in [1.165, 1.54) is 0 Å². The lowest BCUT2D eigenvalue weighted by Crippen LogP contribution is -2.08. The second-order valence-corrected chi connectivity index (χ2v) is 1.36. The number of hydrogen-bond donors (Lipinski definition) is 0. The fourth-order valence-electron chi connectivity index (χ4n) is 0.178. The molecular formula is C4H2F6O. The molecular weight excluding hydrogens is 178 g/mol. The van der Waals surface area contributed by atoms with Gasteiger partial charge in [-0.25, -0.2) is 0 Å². The van der Waals surface area contributed by atoms with E-state index in [2.05, 4.69) is 4.74 Å². The molecule has 1 nitrogen and oxygen atoms in total. The molecule has 0 fully saturated rings. The number of rotatable bonds is 2. The zero-order valence-electron chi connectivity index (χ0n) is 4.83. The zero-order chi connectivity index (χ0) is 9.07. The van der Waals surface area contributed by atoms with Crippen LogP contribution in [0.5, 0.6) is 0 Å². The molecule has 0 heterocycles. The van der Waals surface area contributed by atoms with Crippen LogP contribution in [0, 0.1) is 0 Å². The van der Waals surface area contributed by atoms with Gasteiger partial charge in [0.2, 0.25) is 5.83 Å². The molecule has 0 aliphatic carbocycles. The maximum Gasteiger partial charge on any atom is 0.446 e. The lowest BCUT2D eigenvalue weighted by Gasteiger charge is -2.02. The first-order valence-corrected chi connectivity index (χ1v) is 2.20. The molecule has 11 heavy (non-hydrogen) atoms. The highest BCUT2D eigenvalue weighted by atomic mass is 19.4. The highest BCUT2D eigenvalue weighted by Crippen LogP contribution is 2.26. The van der Waals surface area contributed by atoms with Gasteiger partial charge in [0.1, 0.15) is 6.26 Å². The second-order valence-electron chi connectivity index (χ2n) is 1.36. The minimum atomic E-state index is -5.27. The third-order valence-electron chi connectivity index (χ3n) is 0.545. The summed E-state index contributed by atoms with van der Waals surface area (Å²) < 4.78 is 69.8. The largest absolute Gasteiger partial charge is 0.446 e. The lowest BCUT2D eigenvalue weighted by atomic mass is 10.6. The SMILES string of the molecule is F/C(=C/OC(F)F)C(F)(F)F. The van der Waals surface area contributed by atoms with Crippen LogP contribution < -0.4 is 0 Å². The van der Waals surface area contributed by atoms with Crippen molar-refractivity contribution in [3.63, 3.8) is 0 Å². The van der Waals surface area contributed by atoms with E-state index < -0.39 is 24.9 Å². The molecule has 0 saturated carbocycles. The van der Waals surface area contributed by atoms with E-state index in [-0.39, 0.29) is 0 Å². The van der Waals surface area contributed by atoms with Crippen molar-refractivity contribution in [3.8, 4) is 0 Å². The van der Waals surface area contributed by atoms with Crippen molar-refractivity contribution in [3.05, 3.63) is 12.1 Å². The molecule has 0 amide bonds. The van der Waals surface area contributed by atoms with Crippen molar-refractivity contribution in [1.29, 1.82) is 0 Å². The summed E-state index contributed by atoms with van der Waals surface area (Å²) in [5.74, 6) is -2.70. The van der Waals surface area contributed by atoms with Gasteiger partial charge in [-0.1, -0.05) is 0 Å². The molecule has 66 valence electrons. The van der Waals surface area contributed by atoms with Gasteiger partial charge in [-0.2, -0.15) is 26.3 Å². The van der Waals surface area contributed by atoms with Crippen molar-refractivity contribution in [2.75, 3.05) is 0 Å². The van der Waals surface area contributed by atoms with E-state index in [0.717, 1.165) is 0 Å². The number of allylic oxidation sites excluding steroid dienone is 1. The maximum atomic E-state index is 11.5. The van der Waals surface area contributed by atoms with Gasteiger partial charge in [-0.3, -0.25) is 0 Å². The summed E-state index contributed by atoms with van der Waals surface area (Å²) in [6.07, 6.45) is -5.94. The van der Waals surface area contributed by atoms with Crippen LogP contribution in [0.2, 0.25) is 0 Å². The average Bonchev–Trinajstić information content (AvgIpc) is 1.80. The fourth-order valence-corrected chi connectivity index (χ4v) is 0.178. The van der Waals surface area contributed by atoms with Gasteiger partial charge in [-0.05, 0) is 0 Å². The Morgan fingerprint density at radius 1 is 1.27 bits per heavy atom. The summed E-state index contributed by atoms with van der Waals surface area (Å²) in [4.78, 5) is 0. The molecule has 0 N–H and O–H groups in total. The molecule has 0 saturated heterocycles. The Labute approximate surface area is 57.3 Å². The molecule has 0 aliphatic rings. The van der Waals surface area contributed by atoms with Gasteiger partial charge in [0, 0.05) is 0 Å². The van der Waals surface area contributed by atoms with Crippen molar-refractivity contribution >= 4 is 0 Å². The van der Waals surface area contributed by atoms with Crippen LogP contribution in [0.25, 0.3) is 0 Å². The van der Waals surface area contributed by atoms with Gasteiger partial charge >= 0.3 is 12.8 Å². The third kappa shape index (κ3) is 4.51. The van der Waals surface area contributed by atoms with Crippen LogP contribution in [0.3, 0.4) is 0 Å². The van der Waals surface area contributed by atoms with E-state index in [9.17, 15) is 26.3 Å². The van der Waals surface area contributed by atoms with Crippen molar-refractivity contribution in [1.82, 2.24) is 0 Å². The second kappa shape index (κ2) is 3.49. The van der Waals surface area contributed by atoms with E-state index >= 15 is 0 Å². The Kier molecular flexibility index (Phi) is 3.21. The van der Waals surface area contributed by atoms with Gasteiger partial charge in [-0.15, -0.1) is 0 Å². The smallest absolute Gasteiger partial charge is 0.440 e. The maximum absolute atomic E-state index is 11.5. The van der Waals surface area contributed by atoms with E-state index in [1.54, 1.807) is 0 Å². The predicted octanol–water partition coefficient (Wildman–Crippen LogP) is 2.60. The Morgan fingerprint density at radius 3 is 2.00 bits per heavy atom. The van der Waals surface area contributed by atoms with E-state index in [0.29, 0.717) is 0 Å². The average molecular weight is 180 g/mol. The van der Waals surface area contributed by atoms with Gasteiger partial charge in [0.25, 0.3) is 0 Å². The van der Waals surface area contributed by atoms with E-state index in [4.69, 9.17) is 0 Å². The summed E-state index contributed by atoms with van der Waals surface area (Å²) >= 11 is 0. The molecule has 0 bridgehead atoms. The standard InChI is InChI=1S/C4H2F6O/c5-2(4(8,9)10)1-11-3(6)7/h1,3H/b2-1+. The monoisotopic (exact) mass is 180 g/mol. The van der Waals surface area contributed by atoms with Crippen molar-refractivity contribution < 1.29 is 31.1 Å². The highest BCUT2D eigenvalue weighted by molar-refractivity contribution is 4.93. The number of halogens is 6. The molecule has 0 spiro atoms. The summed E-state index contributed by atoms with van der Waals surface area (Å²) in [5.41, 5.74) is 0. The molecule has 0 aromatic heterocycles. The summed E-state index contributed by atoms with van der Waals surface area (Å²) in [5, 5.41) is 0. The summed E-state index contributed by atoms with van der Waals surface area (Å²) in [7, 11) is 0. The normalized spacial score (nSPS) is 13.9. The van der Waals surface area contributed by atoms with Gasteiger partial charge < -0.3 is 4.74 Å². The molecule has 0 aliphatic heterocycles. The zero-order valence-corrected chi connectivity index (χ0v) is 4.83. The first-order chi connectivity index (χ1) is 4.84. The Morgan fingerprint density at radius 2 is 1.73 bits per heavy atom. The van der Waals surface area contributed by atoms with Crippen LogP contribution in [0.15, 0.2) is 12.1 Å². The van der Waals surface area contributed by atoms with Gasteiger partial charge in [0.15, 0.2) is 0 Å². The molecule has 0 aromatic rings. The molecule has 0 radical (unpaired) electrons.